The van der Waals surface area contributed by atoms with Crippen LogP contribution in [0.25, 0.3) is 0 Å². The van der Waals surface area contributed by atoms with E-state index >= 15 is 0 Å². The number of carbonyl (C=O) groups is 3. The second kappa shape index (κ2) is 11.4. The summed E-state index contributed by atoms with van der Waals surface area (Å²) >= 11 is 6.25. The molecule has 222 valence electrons. The van der Waals surface area contributed by atoms with Gasteiger partial charge in [-0.25, -0.2) is 9.18 Å². The maximum absolute atomic E-state index is 14.1. The molecule has 0 spiro atoms. The van der Waals surface area contributed by atoms with Crippen LogP contribution in [-0.2, 0) is 33.6 Å². The Balaban J connectivity index is 1.53. The van der Waals surface area contributed by atoms with Crippen LogP contribution in [-0.4, -0.2) is 59.5 Å². The Bertz CT molecular complexity index is 1350. The fourth-order valence-corrected chi connectivity index (χ4v) is 5.34. The van der Waals surface area contributed by atoms with E-state index in [-0.39, 0.29) is 25.2 Å². The van der Waals surface area contributed by atoms with Gasteiger partial charge < -0.3 is 20.3 Å². The van der Waals surface area contributed by atoms with Gasteiger partial charge in [0.2, 0.25) is 11.8 Å². The largest absolute Gasteiger partial charge is 0.444 e. The first-order valence-electron chi connectivity index (χ1n) is 13.0. The van der Waals surface area contributed by atoms with Gasteiger partial charge in [-0.2, -0.15) is 13.2 Å². The van der Waals surface area contributed by atoms with Crippen LogP contribution >= 0.6 is 11.6 Å². The van der Waals surface area contributed by atoms with Crippen molar-refractivity contribution >= 4 is 35.2 Å². The van der Waals surface area contributed by atoms with Crippen LogP contribution in [0.5, 0.6) is 0 Å². The number of likely N-dealkylation sites (N-methyl/N-ethyl adjacent to an activating group) is 1. The minimum absolute atomic E-state index is 0.0216. The smallest absolute Gasteiger partial charge is 0.416 e. The number of alkyl halides is 3. The van der Waals surface area contributed by atoms with Crippen molar-refractivity contribution in [2.45, 2.75) is 64.6 Å². The van der Waals surface area contributed by atoms with E-state index in [1.807, 2.05) is 6.07 Å². The van der Waals surface area contributed by atoms with Gasteiger partial charge in [0.1, 0.15) is 24.0 Å². The van der Waals surface area contributed by atoms with Crippen molar-refractivity contribution in [2.75, 3.05) is 18.9 Å². The van der Waals surface area contributed by atoms with Crippen molar-refractivity contribution in [2.24, 2.45) is 5.41 Å². The number of likely N-dealkylation sites (tertiary alicyclic amines) is 1. The van der Waals surface area contributed by atoms with Gasteiger partial charge in [-0.05, 0) is 40.8 Å². The van der Waals surface area contributed by atoms with Crippen molar-refractivity contribution < 1.29 is 36.7 Å². The predicted octanol–water partition coefficient (Wildman–Crippen LogP) is 5.19. The Morgan fingerprint density at radius 2 is 1.80 bits per heavy atom. The van der Waals surface area contributed by atoms with Crippen LogP contribution in [0, 0.1) is 11.2 Å². The van der Waals surface area contributed by atoms with E-state index in [0.29, 0.717) is 17.6 Å². The molecule has 0 aliphatic carbocycles. The van der Waals surface area contributed by atoms with Gasteiger partial charge in [-0.1, -0.05) is 44.5 Å². The Kier molecular flexibility index (Phi) is 8.45. The summed E-state index contributed by atoms with van der Waals surface area (Å²) in [5.74, 6) is -2.22. The van der Waals surface area contributed by atoms with Crippen LogP contribution in [0.2, 0.25) is 5.02 Å². The molecule has 3 atom stereocenters. The van der Waals surface area contributed by atoms with Crippen molar-refractivity contribution in [3.05, 3.63) is 63.9 Å². The summed E-state index contributed by atoms with van der Waals surface area (Å²) in [5, 5.41) is 5.79. The first kappa shape index (κ1) is 30.4. The van der Waals surface area contributed by atoms with Crippen molar-refractivity contribution in [1.82, 2.24) is 15.1 Å². The second-order valence-electron chi connectivity index (χ2n) is 11.3. The number of amides is 3. The number of rotatable bonds is 5. The summed E-state index contributed by atoms with van der Waals surface area (Å²) in [6.45, 7) is 5.50. The van der Waals surface area contributed by atoms with Gasteiger partial charge in [0, 0.05) is 30.7 Å². The van der Waals surface area contributed by atoms with Gasteiger partial charge in [-0.3, -0.25) is 14.5 Å². The zero-order valence-corrected chi connectivity index (χ0v) is 23.7. The molecule has 2 heterocycles. The molecule has 13 heteroatoms. The lowest BCUT2D eigenvalue weighted by Crippen LogP contribution is -2.54. The molecule has 8 nitrogen and oxygen atoms in total. The molecule has 0 unspecified atom stereocenters. The van der Waals surface area contributed by atoms with Gasteiger partial charge in [0.25, 0.3) is 0 Å². The van der Waals surface area contributed by atoms with E-state index in [0.717, 1.165) is 23.3 Å². The highest BCUT2D eigenvalue weighted by Crippen LogP contribution is 2.35. The molecule has 1 saturated heterocycles. The number of benzene rings is 2. The summed E-state index contributed by atoms with van der Waals surface area (Å²) in [7, 11) is 1.40. The topological polar surface area (TPSA) is 91.0 Å². The molecular formula is C28H31ClF4N4O4. The lowest BCUT2D eigenvalue weighted by atomic mass is 9.85. The Morgan fingerprint density at radius 3 is 2.41 bits per heavy atom. The fraction of sp³-hybridized carbons (Fsp3) is 0.464. The average Bonchev–Trinajstić information content (AvgIpc) is 3.50. The van der Waals surface area contributed by atoms with E-state index < -0.39 is 59.1 Å². The Labute approximate surface area is 239 Å². The van der Waals surface area contributed by atoms with Crippen molar-refractivity contribution in [3.63, 3.8) is 0 Å². The average molecular weight is 599 g/mol. The zero-order valence-electron chi connectivity index (χ0n) is 22.9. The minimum Gasteiger partial charge on any atom is -0.444 e. The number of nitrogens with zero attached hydrogens (tertiary/aromatic N) is 2. The van der Waals surface area contributed by atoms with Gasteiger partial charge >= 0.3 is 12.3 Å². The van der Waals surface area contributed by atoms with Crippen molar-refractivity contribution in [1.29, 1.82) is 0 Å². The standard InChI is InChI=1S/C28H31ClF4N4O4/c1-27(2,3)23(35-18-9-16(28(31,32)33)8-17(30)10-18)25(39)37-13-19(11-22(37)24(38)34-4)41-26(40)36-12-15-6-5-7-21(29)20(15)14-36/h5-10,19,22-23,35H,11-14H2,1-4H3,(H,34,38)/t19-,22+,23-/m1/s1. The third kappa shape index (κ3) is 6.69. The molecule has 0 radical (unpaired) electrons. The van der Waals surface area contributed by atoms with Gasteiger partial charge in [0.05, 0.1) is 18.7 Å². The summed E-state index contributed by atoms with van der Waals surface area (Å²) in [4.78, 5) is 42.4. The van der Waals surface area contributed by atoms with E-state index in [1.54, 1.807) is 32.9 Å². The molecule has 2 aromatic rings. The number of fused-ring (bicyclic) bond motifs is 1. The number of carbonyl (C=O) groups excluding carboxylic acids is 3. The number of nitrogens with one attached hydrogen (secondary N) is 2. The molecule has 0 bridgehead atoms. The number of halogens is 5. The number of hydrogen-bond donors (Lipinski definition) is 2. The minimum atomic E-state index is -4.79. The molecule has 2 N–H and O–H groups in total. The van der Waals surface area contributed by atoms with Crippen molar-refractivity contribution in [3.8, 4) is 0 Å². The Morgan fingerprint density at radius 1 is 1.10 bits per heavy atom. The molecule has 3 amide bonds. The highest BCUT2D eigenvalue weighted by Gasteiger charge is 2.46. The lowest BCUT2D eigenvalue weighted by molar-refractivity contribution is -0.140. The van der Waals surface area contributed by atoms with E-state index in [1.165, 1.54) is 16.8 Å². The van der Waals surface area contributed by atoms with E-state index in [4.69, 9.17) is 16.3 Å². The fourth-order valence-electron chi connectivity index (χ4n) is 5.09. The lowest BCUT2D eigenvalue weighted by Gasteiger charge is -2.36. The normalized spacial score (nSPS) is 19.5. The summed E-state index contributed by atoms with van der Waals surface area (Å²) < 4.78 is 59.7. The SMILES string of the molecule is CNC(=O)[C@@H]1C[C@@H](OC(=O)N2Cc3cccc(Cl)c3C2)CN1C(=O)[C@@H](Nc1cc(F)cc(C(F)(F)F)c1)C(C)(C)C. The highest BCUT2D eigenvalue weighted by molar-refractivity contribution is 6.31. The number of anilines is 1. The molecule has 4 rings (SSSR count). The van der Waals surface area contributed by atoms with Crippen LogP contribution in [0.15, 0.2) is 36.4 Å². The monoisotopic (exact) mass is 598 g/mol. The third-order valence-corrected chi connectivity index (χ3v) is 7.55. The molecular weight excluding hydrogens is 568 g/mol. The summed E-state index contributed by atoms with van der Waals surface area (Å²) in [5.41, 5.74) is -0.600. The maximum Gasteiger partial charge on any atom is 0.416 e. The maximum atomic E-state index is 14.1. The third-order valence-electron chi connectivity index (χ3n) is 7.20. The number of hydrogen-bond acceptors (Lipinski definition) is 5. The van der Waals surface area contributed by atoms with Gasteiger partial charge in [-0.15, -0.1) is 0 Å². The Hall–Kier alpha value is -3.54. The summed E-state index contributed by atoms with van der Waals surface area (Å²) in [6, 6.07) is 5.19. The molecule has 2 aromatic carbocycles. The zero-order chi connectivity index (χ0) is 30.3. The highest BCUT2D eigenvalue weighted by atomic mass is 35.5. The van der Waals surface area contributed by atoms with Gasteiger partial charge in [0.15, 0.2) is 0 Å². The predicted molar refractivity (Wildman–Crippen MR) is 143 cm³/mol. The number of ether oxygens (including phenoxy) is 1. The first-order chi connectivity index (χ1) is 19.1. The molecule has 0 saturated carbocycles. The molecule has 2 aliphatic heterocycles. The van der Waals surface area contributed by atoms with Crippen LogP contribution in [0.3, 0.4) is 0 Å². The van der Waals surface area contributed by atoms with E-state index in [2.05, 4.69) is 10.6 Å². The van der Waals surface area contributed by atoms with Crippen LogP contribution in [0.1, 0.15) is 43.9 Å². The quantitative estimate of drug-likeness (QED) is 0.462. The molecule has 1 fully saturated rings. The van der Waals surface area contributed by atoms with E-state index in [9.17, 15) is 31.9 Å². The molecule has 41 heavy (non-hydrogen) atoms. The van der Waals surface area contributed by atoms with Crippen LogP contribution in [0.4, 0.5) is 28.0 Å². The second-order valence-corrected chi connectivity index (χ2v) is 11.7. The first-order valence-corrected chi connectivity index (χ1v) is 13.3. The van der Waals surface area contributed by atoms with Crippen LogP contribution < -0.4 is 10.6 Å². The summed E-state index contributed by atoms with van der Waals surface area (Å²) in [6.07, 6.45) is -6.22. The molecule has 0 aromatic heterocycles. The molecule has 2 aliphatic rings.